The summed E-state index contributed by atoms with van der Waals surface area (Å²) in [4.78, 5) is 2.23. The van der Waals surface area contributed by atoms with E-state index in [1.807, 2.05) is 18.2 Å². The zero-order chi connectivity index (χ0) is 13.1. The van der Waals surface area contributed by atoms with Crippen molar-refractivity contribution in [3.63, 3.8) is 0 Å². The Morgan fingerprint density at radius 3 is 2.56 bits per heavy atom. The number of methoxy groups -OCH3 is 2. The quantitative estimate of drug-likeness (QED) is 0.866. The molecule has 4 nitrogen and oxygen atoms in total. The van der Waals surface area contributed by atoms with E-state index in [2.05, 4.69) is 11.9 Å². The monoisotopic (exact) mass is 250 g/mol. The van der Waals surface area contributed by atoms with Crippen molar-refractivity contribution in [1.82, 2.24) is 0 Å². The number of hydrogen-bond acceptors (Lipinski definition) is 4. The molecule has 1 aliphatic carbocycles. The van der Waals surface area contributed by atoms with Gasteiger partial charge in [-0.05, 0) is 30.9 Å². The topological polar surface area (TPSA) is 47.7 Å². The Labute approximate surface area is 109 Å². The van der Waals surface area contributed by atoms with Crippen LogP contribution in [0.15, 0.2) is 18.2 Å². The molecule has 0 amide bonds. The Hall–Kier alpha value is -1.42. The molecule has 0 spiro atoms. The summed E-state index contributed by atoms with van der Waals surface area (Å²) in [7, 11) is 5.44. The average molecular weight is 250 g/mol. The molecule has 0 atom stereocenters. The average Bonchev–Trinajstić information content (AvgIpc) is 2.36. The van der Waals surface area contributed by atoms with E-state index >= 15 is 0 Å². The van der Waals surface area contributed by atoms with E-state index in [9.17, 15) is 0 Å². The molecule has 4 heteroatoms. The van der Waals surface area contributed by atoms with Crippen LogP contribution in [-0.4, -0.2) is 33.9 Å². The van der Waals surface area contributed by atoms with Crippen LogP contribution in [0.25, 0.3) is 0 Å². The van der Waals surface area contributed by atoms with Crippen molar-refractivity contribution in [2.24, 2.45) is 11.7 Å². The van der Waals surface area contributed by atoms with Gasteiger partial charge < -0.3 is 20.1 Å². The van der Waals surface area contributed by atoms with Crippen LogP contribution in [0, 0.1) is 5.92 Å². The molecular formula is C14H22N2O2. The number of nitrogens with zero attached hydrogens (tertiary/aromatic N) is 1. The minimum absolute atomic E-state index is 0.404. The first kappa shape index (κ1) is 13.0. The van der Waals surface area contributed by atoms with Crippen LogP contribution in [0.5, 0.6) is 11.5 Å². The van der Waals surface area contributed by atoms with Crippen LogP contribution in [0.4, 0.5) is 5.69 Å². The summed E-state index contributed by atoms with van der Waals surface area (Å²) in [5.74, 6) is 2.37. The second-order valence-electron chi connectivity index (χ2n) is 5.02. The highest BCUT2D eigenvalue weighted by Crippen LogP contribution is 2.34. The smallest absolute Gasteiger partial charge is 0.145 e. The van der Waals surface area contributed by atoms with Crippen molar-refractivity contribution in [3.8, 4) is 11.5 Å². The Morgan fingerprint density at radius 1 is 1.28 bits per heavy atom. The van der Waals surface area contributed by atoms with Gasteiger partial charge in [0.1, 0.15) is 11.5 Å². The number of benzene rings is 1. The van der Waals surface area contributed by atoms with Gasteiger partial charge in [0.05, 0.1) is 19.9 Å². The molecule has 1 aliphatic rings. The lowest BCUT2D eigenvalue weighted by atomic mass is 9.80. The summed E-state index contributed by atoms with van der Waals surface area (Å²) in [6.07, 6.45) is 2.26. The van der Waals surface area contributed by atoms with Crippen LogP contribution in [0.1, 0.15) is 12.8 Å². The molecule has 0 radical (unpaired) electrons. The molecule has 0 aliphatic heterocycles. The van der Waals surface area contributed by atoms with Crippen LogP contribution < -0.4 is 20.1 Å². The van der Waals surface area contributed by atoms with Gasteiger partial charge in [0.15, 0.2) is 0 Å². The molecule has 0 saturated heterocycles. The summed E-state index contributed by atoms with van der Waals surface area (Å²) in [6, 6.07) is 6.32. The first-order valence-corrected chi connectivity index (χ1v) is 6.32. The van der Waals surface area contributed by atoms with Gasteiger partial charge in [0.2, 0.25) is 0 Å². The lowest BCUT2D eigenvalue weighted by Crippen LogP contribution is -2.41. The molecular weight excluding hydrogens is 228 g/mol. The third-order valence-corrected chi connectivity index (χ3v) is 3.60. The van der Waals surface area contributed by atoms with Gasteiger partial charge in [-0.3, -0.25) is 0 Å². The molecule has 18 heavy (non-hydrogen) atoms. The second kappa shape index (κ2) is 5.48. The van der Waals surface area contributed by atoms with Gasteiger partial charge in [0.25, 0.3) is 0 Å². The molecule has 0 unspecified atom stereocenters. The van der Waals surface area contributed by atoms with E-state index in [0.717, 1.165) is 36.6 Å². The lowest BCUT2D eigenvalue weighted by Gasteiger charge is -2.36. The fourth-order valence-electron chi connectivity index (χ4n) is 2.52. The highest BCUT2D eigenvalue weighted by molar-refractivity contribution is 5.60. The van der Waals surface area contributed by atoms with Gasteiger partial charge in [-0.25, -0.2) is 0 Å². The van der Waals surface area contributed by atoms with E-state index in [1.54, 1.807) is 14.2 Å². The third kappa shape index (κ3) is 2.70. The van der Waals surface area contributed by atoms with Crippen molar-refractivity contribution in [2.75, 3.05) is 32.7 Å². The van der Waals surface area contributed by atoms with E-state index < -0.39 is 0 Å². The maximum atomic E-state index is 5.82. The molecule has 0 heterocycles. The van der Waals surface area contributed by atoms with Gasteiger partial charge in [-0.2, -0.15) is 0 Å². The van der Waals surface area contributed by atoms with Crippen molar-refractivity contribution < 1.29 is 9.47 Å². The summed E-state index contributed by atoms with van der Waals surface area (Å²) in [5, 5.41) is 0. The predicted octanol–water partition coefficient (Wildman–Crippen LogP) is 1.88. The van der Waals surface area contributed by atoms with Gasteiger partial charge in [-0.1, -0.05) is 0 Å². The number of ether oxygens (including phenoxy) is 2. The van der Waals surface area contributed by atoms with Crippen LogP contribution in [-0.2, 0) is 0 Å². The molecule has 1 saturated carbocycles. The number of nitrogens with two attached hydrogens (primary N) is 1. The van der Waals surface area contributed by atoms with Gasteiger partial charge >= 0.3 is 0 Å². The minimum Gasteiger partial charge on any atom is -0.497 e. The third-order valence-electron chi connectivity index (χ3n) is 3.60. The Bertz CT molecular complexity index is 403. The highest BCUT2D eigenvalue weighted by Gasteiger charge is 2.27. The lowest BCUT2D eigenvalue weighted by molar-refractivity contribution is 0.270. The highest BCUT2D eigenvalue weighted by atomic mass is 16.5. The number of rotatable bonds is 5. The van der Waals surface area contributed by atoms with E-state index in [-0.39, 0.29) is 0 Å². The molecule has 1 fully saturated rings. The fourth-order valence-corrected chi connectivity index (χ4v) is 2.52. The van der Waals surface area contributed by atoms with E-state index in [0.29, 0.717) is 12.0 Å². The van der Waals surface area contributed by atoms with Crippen LogP contribution >= 0.6 is 0 Å². The van der Waals surface area contributed by atoms with E-state index in [4.69, 9.17) is 15.2 Å². The zero-order valence-electron chi connectivity index (χ0n) is 11.3. The Morgan fingerprint density at radius 2 is 2.00 bits per heavy atom. The largest absolute Gasteiger partial charge is 0.497 e. The summed E-state index contributed by atoms with van der Waals surface area (Å²) in [6.45, 7) is 1.02. The maximum absolute atomic E-state index is 5.82. The summed E-state index contributed by atoms with van der Waals surface area (Å²) in [5.41, 5.74) is 6.91. The van der Waals surface area contributed by atoms with Gasteiger partial charge in [-0.15, -0.1) is 0 Å². The predicted molar refractivity (Wildman–Crippen MR) is 73.5 cm³/mol. The van der Waals surface area contributed by atoms with Crippen LogP contribution in [0.2, 0.25) is 0 Å². The Kier molecular flexibility index (Phi) is 3.97. The van der Waals surface area contributed by atoms with Crippen molar-refractivity contribution in [3.05, 3.63) is 18.2 Å². The molecule has 0 bridgehead atoms. The van der Waals surface area contributed by atoms with Gasteiger partial charge in [0, 0.05) is 25.7 Å². The van der Waals surface area contributed by atoms with E-state index in [1.165, 1.54) is 0 Å². The van der Waals surface area contributed by atoms with Crippen LogP contribution in [0.3, 0.4) is 0 Å². The SMILES string of the molecule is COc1ccc(N(C)CC2CC(N)C2)c(OC)c1. The molecule has 100 valence electrons. The molecule has 1 aromatic carbocycles. The molecule has 1 aromatic rings. The number of anilines is 1. The number of hydrogen-bond donors (Lipinski definition) is 1. The summed E-state index contributed by atoms with van der Waals surface area (Å²) >= 11 is 0. The summed E-state index contributed by atoms with van der Waals surface area (Å²) < 4.78 is 10.6. The Balaban J connectivity index is 2.06. The second-order valence-corrected chi connectivity index (χ2v) is 5.02. The normalized spacial score (nSPS) is 22.2. The molecule has 0 aromatic heterocycles. The van der Waals surface area contributed by atoms with Crippen molar-refractivity contribution in [1.29, 1.82) is 0 Å². The zero-order valence-corrected chi connectivity index (χ0v) is 11.3. The standard InChI is InChI=1S/C14H22N2O2/c1-16(9-10-6-11(15)7-10)13-5-4-12(17-2)8-14(13)18-3/h4-5,8,10-11H,6-7,9,15H2,1-3H3. The minimum atomic E-state index is 0.404. The first-order valence-electron chi connectivity index (χ1n) is 6.32. The molecule has 2 rings (SSSR count). The molecule has 2 N–H and O–H groups in total. The fraction of sp³-hybridized carbons (Fsp3) is 0.571. The first-order chi connectivity index (χ1) is 8.63. The van der Waals surface area contributed by atoms with Crippen molar-refractivity contribution in [2.45, 2.75) is 18.9 Å². The maximum Gasteiger partial charge on any atom is 0.145 e. The van der Waals surface area contributed by atoms with Crippen molar-refractivity contribution >= 4 is 5.69 Å².